The summed E-state index contributed by atoms with van der Waals surface area (Å²) in [6.07, 6.45) is 0.553. The Morgan fingerprint density at radius 3 is 2.42 bits per heavy atom. The SMILES string of the molecule is CCOC(=O)N1CCN(C(=O)NCOc2ccccc2CC)CC1. The first-order chi connectivity index (χ1) is 11.7. The van der Waals surface area contributed by atoms with Crippen LogP contribution in [0.3, 0.4) is 0 Å². The summed E-state index contributed by atoms with van der Waals surface area (Å²) in [6, 6.07) is 7.58. The average molecular weight is 335 g/mol. The molecular formula is C17H25N3O4. The van der Waals surface area contributed by atoms with Crippen molar-refractivity contribution in [1.29, 1.82) is 0 Å². The quantitative estimate of drug-likeness (QED) is 0.836. The van der Waals surface area contributed by atoms with Gasteiger partial charge in [-0.3, -0.25) is 0 Å². The number of carbonyl (C=O) groups excluding carboxylic acids is 2. The molecule has 1 aromatic rings. The van der Waals surface area contributed by atoms with Crippen molar-refractivity contribution >= 4 is 12.1 Å². The highest BCUT2D eigenvalue weighted by molar-refractivity contribution is 5.74. The van der Waals surface area contributed by atoms with Crippen LogP contribution >= 0.6 is 0 Å². The number of amides is 3. The van der Waals surface area contributed by atoms with Crippen LogP contribution in [0, 0.1) is 0 Å². The van der Waals surface area contributed by atoms with Crippen molar-refractivity contribution in [2.45, 2.75) is 20.3 Å². The summed E-state index contributed by atoms with van der Waals surface area (Å²) in [5.41, 5.74) is 1.11. The number of rotatable bonds is 5. The van der Waals surface area contributed by atoms with Gasteiger partial charge in [0.1, 0.15) is 5.75 Å². The van der Waals surface area contributed by atoms with E-state index in [-0.39, 0.29) is 18.9 Å². The highest BCUT2D eigenvalue weighted by Gasteiger charge is 2.24. The van der Waals surface area contributed by atoms with Crippen LogP contribution in [0.1, 0.15) is 19.4 Å². The Hall–Kier alpha value is -2.44. The molecule has 1 aliphatic rings. The van der Waals surface area contributed by atoms with Crippen molar-refractivity contribution in [3.8, 4) is 5.75 Å². The molecule has 0 atom stereocenters. The highest BCUT2D eigenvalue weighted by Crippen LogP contribution is 2.17. The Balaban J connectivity index is 1.73. The summed E-state index contributed by atoms with van der Waals surface area (Å²) >= 11 is 0. The predicted molar refractivity (Wildman–Crippen MR) is 90.0 cm³/mol. The van der Waals surface area contributed by atoms with E-state index < -0.39 is 0 Å². The standard InChI is InChI=1S/C17H25N3O4/c1-3-14-7-5-6-8-15(14)24-13-18-16(21)19-9-11-20(12-10-19)17(22)23-4-2/h5-8H,3-4,9-13H2,1-2H3,(H,18,21). The molecule has 7 nitrogen and oxygen atoms in total. The van der Waals surface area contributed by atoms with E-state index in [0.717, 1.165) is 17.7 Å². The summed E-state index contributed by atoms with van der Waals surface area (Å²) < 4.78 is 10.6. The molecule has 0 unspecified atom stereocenters. The van der Waals surface area contributed by atoms with Crippen LogP contribution in [-0.4, -0.2) is 61.4 Å². The molecule has 1 aliphatic heterocycles. The van der Waals surface area contributed by atoms with Crippen LogP contribution in [0.15, 0.2) is 24.3 Å². The Kier molecular flexibility index (Phi) is 6.72. The van der Waals surface area contributed by atoms with Gasteiger partial charge in [-0.1, -0.05) is 25.1 Å². The summed E-state index contributed by atoms with van der Waals surface area (Å²) in [5, 5.41) is 2.75. The zero-order valence-electron chi connectivity index (χ0n) is 14.3. The van der Waals surface area contributed by atoms with Crippen molar-refractivity contribution < 1.29 is 19.1 Å². The number of hydrogen-bond acceptors (Lipinski definition) is 4. The molecular weight excluding hydrogens is 310 g/mol. The minimum absolute atomic E-state index is 0.119. The second-order valence-corrected chi connectivity index (χ2v) is 5.40. The molecule has 0 saturated carbocycles. The van der Waals surface area contributed by atoms with Crippen molar-refractivity contribution in [1.82, 2.24) is 15.1 Å². The van der Waals surface area contributed by atoms with E-state index in [1.54, 1.807) is 16.7 Å². The molecule has 3 amide bonds. The van der Waals surface area contributed by atoms with Crippen molar-refractivity contribution in [2.24, 2.45) is 0 Å². The second-order valence-electron chi connectivity index (χ2n) is 5.40. The van der Waals surface area contributed by atoms with Gasteiger partial charge in [0.2, 0.25) is 0 Å². The smallest absolute Gasteiger partial charge is 0.409 e. The molecule has 1 saturated heterocycles. The summed E-state index contributed by atoms with van der Waals surface area (Å²) in [7, 11) is 0. The number of hydrogen-bond donors (Lipinski definition) is 1. The number of para-hydroxylation sites is 1. The predicted octanol–water partition coefficient (Wildman–Crippen LogP) is 2.07. The number of piperazine rings is 1. The highest BCUT2D eigenvalue weighted by atomic mass is 16.6. The van der Waals surface area contributed by atoms with Crippen LogP contribution < -0.4 is 10.1 Å². The molecule has 0 radical (unpaired) electrons. The zero-order chi connectivity index (χ0) is 17.4. The van der Waals surface area contributed by atoms with E-state index in [4.69, 9.17) is 9.47 Å². The van der Waals surface area contributed by atoms with Gasteiger partial charge >= 0.3 is 12.1 Å². The van der Waals surface area contributed by atoms with Gasteiger partial charge < -0.3 is 24.6 Å². The number of ether oxygens (including phenoxy) is 2. The van der Waals surface area contributed by atoms with E-state index >= 15 is 0 Å². The minimum atomic E-state index is -0.322. The van der Waals surface area contributed by atoms with E-state index in [1.807, 2.05) is 24.3 Å². The number of nitrogens with one attached hydrogen (secondary N) is 1. The molecule has 1 fully saturated rings. The van der Waals surface area contributed by atoms with Gasteiger partial charge in [-0.15, -0.1) is 0 Å². The van der Waals surface area contributed by atoms with Crippen molar-refractivity contribution in [2.75, 3.05) is 39.5 Å². The monoisotopic (exact) mass is 335 g/mol. The number of urea groups is 1. The van der Waals surface area contributed by atoms with Gasteiger partial charge in [-0.2, -0.15) is 0 Å². The van der Waals surface area contributed by atoms with Crippen LogP contribution in [0.25, 0.3) is 0 Å². The van der Waals surface area contributed by atoms with Gasteiger partial charge in [0.15, 0.2) is 6.73 Å². The van der Waals surface area contributed by atoms with Crippen LogP contribution in [0.4, 0.5) is 9.59 Å². The third-order valence-corrected chi connectivity index (χ3v) is 3.90. The van der Waals surface area contributed by atoms with Gasteiger partial charge in [0.05, 0.1) is 6.61 Å². The lowest BCUT2D eigenvalue weighted by molar-refractivity contribution is 0.0842. The molecule has 1 N–H and O–H groups in total. The molecule has 2 rings (SSSR count). The van der Waals surface area contributed by atoms with Crippen molar-refractivity contribution in [3.05, 3.63) is 29.8 Å². The number of aryl methyl sites for hydroxylation is 1. The first-order valence-electron chi connectivity index (χ1n) is 8.30. The Morgan fingerprint density at radius 2 is 1.75 bits per heavy atom. The van der Waals surface area contributed by atoms with Crippen LogP contribution in [0.5, 0.6) is 5.75 Å². The minimum Gasteiger partial charge on any atom is -0.473 e. The van der Waals surface area contributed by atoms with Crippen LogP contribution in [0.2, 0.25) is 0 Å². The molecule has 0 aliphatic carbocycles. The average Bonchev–Trinajstić information content (AvgIpc) is 2.62. The normalized spacial score (nSPS) is 14.2. The molecule has 24 heavy (non-hydrogen) atoms. The zero-order valence-corrected chi connectivity index (χ0v) is 14.3. The Morgan fingerprint density at radius 1 is 1.08 bits per heavy atom. The fourth-order valence-corrected chi connectivity index (χ4v) is 2.53. The number of nitrogens with zero attached hydrogens (tertiary/aromatic N) is 2. The molecule has 1 heterocycles. The van der Waals surface area contributed by atoms with E-state index in [1.165, 1.54) is 0 Å². The summed E-state index contributed by atoms with van der Waals surface area (Å²) in [5.74, 6) is 0.785. The first kappa shape index (κ1) is 17.9. The lowest BCUT2D eigenvalue weighted by Gasteiger charge is -2.33. The van der Waals surface area contributed by atoms with E-state index in [0.29, 0.717) is 32.8 Å². The van der Waals surface area contributed by atoms with E-state index in [9.17, 15) is 9.59 Å². The molecule has 1 aromatic carbocycles. The Bertz CT molecular complexity index is 557. The number of carbonyl (C=O) groups is 2. The lowest BCUT2D eigenvalue weighted by Crippen LogP contribution is -2.53. The van der Waals surface area contributed by atoms with E-state index in [2.05, 4.69) is 12.2 Å². The largest absolute Gasteiger partial charge is 0.473 e. The van der Waals surface area contributed by atoms with Gasteiger partial charge in [-0.05, 0) is 25.0 Å². The second kappa shape index (κ2) is 9.00. The fraction of sp³-hybridized carbons (Fsp3) is 0.529. The molecule has 0 bridgehead atoms. The Labute approximate surface area is 142 Å². The van der Waals surface area contributed by atoms with Crippen LogP contribution in [-0.2, 0) is 11.2 Å². The molecule has 7 heteroatoms. The topological polar surface area (TPSA) is 71.1 Å². The first-order valence-corrected chi connectivity index (χ1v) is 8.30. The maximum Gasteiger partial charge on any atom is 0.409 e. The lowest BCUT2D eigenvalue weighted by atomic mass is 10.1. The molecule has 0 aromatic heterocycles. The molecule has 0 spiro atoms. The maximum atomic E-state index is 12.1. The number of benzene rings is 1. The van der Waals surface area contributed by atoms with Crippen molar-refractivity contribution in [3.63, 3.8) is 0 Å². The van der Waals surface area contributed by atoms with Gasteiger partial charge in [0, 0.05) is 26.2 Å². The third-order valence-electron chi connectivity index (χ3n) is 3.90. The fourth-order valence-electron chi connectivity index (χ4n) is 2.53. The van der Waals surface area contributed by atoms with Gasteiger partial charge in [-0.25, -0.2) is 9.59 Å². The van der Waals surface area contributed by atoms with Gasteiger partial charge in [0.25, 0.3) is 0 Å². The third kappa shape index (κ3) is 4.78. The molecule has 132 valence electrons. The summed E-state index contributed by atoms with van der Waals surface area (Å²) in [6.45, 7) is 6.23. The maximum absolute atomic E-state index is 12.1. The summed E-state index contributed by atoms with van der Waals surface area (Å²) in [4.78, 5) is 27.1.